The maximum atomic E-state index is 13.8. The SMILES string of the molecule is COc1cc(C=C2CCCc3c2nc2ccccc2c3C(=O)N2CCCCC2)cc(OC)c1OC. The van der Waals surface area contributed by atoms with Crippen LogP contribution < -0.4 is 14.2 Å². The molecule has 1 fully saturated rings. The zero-order chi connectivity index (χ0) is 24.4. The number of hydrogen-bond acceptors (Lipinski definition) is 5. The Morgan fingerprint density at radius 3 is 2.31 bits per heavy atom. The molecule has 1 aromatic heterocycles. The minimum atomic E-state index is 0.147. The van der Waals surface area contributed by atoms with Gasteiger partial charge in [0.2, 0.25) is 5.75 Å². The molecule has 2 heterocycles. The van der Waals surface area contributed by atoms with E-state index in [1.165, 1.54) is 6.42 Å². The molecule has 1 amide bonds. The van der Waals surface area contributed by atoms with Gasteiger partial charge in [-0.15, -0.1) is 0 Å². The van der Waals surface area contributed by atoms with Gasteiger partial charge >= 0.3 is 0 Å². The summed E-state index contributed by atoms with van der Waals surface area (Å²) in [5, 5.41) is 0.954. The summed E-state index contributed by atoms with van der Waals surface area (Å²) in [6.07, 6.45) is 8.21. The molecule has 2 aliphatic rings. The third kappa shape index (κ3) is 4.33. The third-order valence-electron chi connectivity index (χ3n) is 7.06. The fourth-order valence-electron chi connectivity index (χ4n) is 5.36. The van der Waals surface area contributed by atoms with E-state index in [4.69, 9.17) is 19.2 Å². The van der Waals surface area contributed by atoms with Crippen LogP contribution in [0.25, 0.3) is 22.6 Å². The smallest absolute Gasteiger partial charge is 0.254 e. The Morgan fingerprint density at radius 2 is 1.63 bits per heavy atom. The zero-order valence-corrected chi connectivity index (χ0v) is 20.7. The van der Waals surface area contributed by atoms with Gasteiger partial charge in [0.15, 0.2) is 11.5 Å². The molecular formula is C29H32N2O4. The first kappa shape index (κ1) is 23.2. The summed E-state index contributed by atoms with van der Waals surface area (Å²) in [6.45, 7) is 1.66. The Hall–Kier alpha value is -3.54. The number of carbonyl (C=O) groups is 1. The topological polar surface area (TPSA) is 60.9 Å². The number of rotatable bonds is 5. The molecule has 0 radical (unpaired) electrons. The first-order chi connectivity index (χ1) is 17.1. The van der Waals surface area contributed by atoms with Gasteiger partial charge in [0.05, 0.1) is 38.1 Å². The fraction of sp³-hybridized carbons (Fsp3) is 0.379. The van der Waals surface area contributed by atoms with Crippen molar-refractivity contribution < 1.29 is 19.0 Å². The number of aromatic nitrogens is 1. The molecule has 1 saturated heterocycles. The van der Waals surface area contributed by atoms with Crippen molar-refractivity contribution >= 4 is 28.5 Å². The molecule has 6 heteroatoms. The van der Waals surface area contributed by atoms with E-state index in [0.29, 0.717) is 17.2 Å². The number of likely N-dealkylation sites (tertiary alicyclic amines) is 1. The number of ether oxygens (including phenoxy) is 3. The molecule has 3 aromatic rings. The van der Waals surface area contributed by atoms with Crippen molar-refractivity contribution in [2.24, 2.45) is 0 Å². The van der Waals surface area contributed by atoms with Crippen LogP contribution in [0.15, 0.2) is 36.4 Å². The minimum Gasteiger partial charge on any atom is -0.493 e. The van der Waals surface area contributed by atoms with Crippen LogP contribution in [0.5, 0.6) is 17.2 Å². The Labute approximate surface area is 206 Å². The number of carbonyl (C=O) groups excluding carboxylic acids is 1. The van der Waals surface area contributed by atoms with E-state index in [1.807, 2.05) is 41.3 Å². The highest BCUT2D eigenvalue weighted by Gasteiger charge is 2.28. The highest BCUT2D eigenvalue weighted by molar-refractivity contribution is 6.09. The second-order valence-electron chi connectivity index (χ2n) is 9.17. The maximum Gasteiger partial charge on any atom is 0.254 e. The lowest BCUT2D eigenvalue weighted by atomic mass is 9.85. The fourth-order valence-corrected chi connectivity index (χ4v) is 5.36. The highest BCUT2D eigenvalue weighted by atomic mass is 16.5. The molecule has 2 aromatic carbocycles. The number of piperidine rings is 1. The lowest BCUT2D eigenvalue weighted by Gasteiger charge is -2.30. The number of methoxy groups -OCH3 is 3. The number of pyridine rings is 1. The van der Waals surface area contributed by atoms with Gasteiger partial charge in [0.25, 0.3) is 5.91 Å². The largest absolute Gasteiger partial charge is 0.493 e. The Kier molecular flexibility index (Phi) is 6.62. The van der Waals surface area contributed by atoms with E-state index in [2.05, 4.69) is 6.08 Å². The number of amides is 1. The van der Waals surface area contributed by atoms with E-state index in [9.17, 15) is 4.79 Å². The van der Waals surface area contributed by atoms with Crippen molar-refractivity contribution in [3.8, 4) is 17.2 Å². The number of hydrogen-bond donors (Lipinski definition) is 0. The van der Waals surface area contributed by atoms with E-state index in [-0.39, 0.29) is 5.91 Å². The molecule has 182 valence electrons. The second kappa shape index (κ2) is 9.98. The van der Waals surface area contributed by atoms with Crippen molar-refractivity contribution in [1.82, 2.24) is 9.88 Å². The predicted octanol–water partition coefficient (Wildman–Crippen LogP) is 5.76. The van der Waals surface area contributed by atoms with Crippen LogP contribution in [0, 0.1) is 0 Å². The van der Waals surface area contributed by atoms with Crippen LogP contribution >= 0.6 is 0 Å². The average molecular weight is 473 g/mol. The maximum absolute atomic E-state index is 13.8. The first-order valence-corrected chi connectivity index (χ1v) is 12.4. The van der Waals surface area contributed by atoms with Crippen molar-refractivity contribution in [2.45, 2.75) is 38.5 Å². The number of fused-ring (bicyclic) bond motifs is 2. The van der Waals surface area contributed by atoms with Gasteiger partial charge in [-0.05, 0) is 79.5 Å². The number of allylic oxidation sites excluding steroid dienone is 1. The molecule has 0 atom stereocenters. The Bertz CT molecular complexity index is 1270. The van der Waals surface area contributed by atoms with Crippen molar-refractivity contribution in [3.63, 3.8) is 0 Å². The predicted molar refractivity (Wildman–Crippen MR) is 138 cm³/mol. The summed E-state index contributed by atoms with van der Waals surface area (Å²) >= 11 is 0. The van der Waals surface area contributed by atoms with Gasteiger partial charge in [-0.2, -0.15) is 0 Å². The van der Waals surface area contributed by atoms with Crippen LogP contribution in [-0.2, 0) is 6.42 Å². The van der Waals surface area contributed by atoms with Crippen molar-refractivity contribution in [1.29, 1.82) is 0 Å². The molecular weight excluding hydrogens is 440 g/mol. The molecule has 35 heavy (non-hydrogen) atoms. The summed E-state index contributed by atoms with van der Waals surface area (Å²) in [6, 6.07) is 11.9. The Morgan fingerprint density at radius 1 is 0.914 bits per heavy atom. The summed E-state index contributed by atoms with van der Waals surface area (Å²) < 4.78 is 16.6. The second-order valence-corrected chi connectivity index (χ2v) is 9.17. The standard InChI is InChI=1S/C29H32N2O4/c1-33-24-17-19(18-25(34-2)28(24)35-3)16-20-10-9-12-22-26(29(32)31-14-7-4-8-15-31)21-11-5-6-13-23(21)30-27(20)22/h5-6,11,13,16-18H,4,7-10,12,14-15H2,1-3H3. The van der Waals surface area contributed by atoms with Crippen LogP contribution in [0.1, 0.15) is 59.3 Å². The van der Waals surface area contributed by atoms with E-state index in [0.717, 1.165) is 84.1 Å². The molecule has 6 nitrogen and oxygen atoms in total. The summed E-state index contributed by atoms with van der Waals surface area (Å²) in [5.41, 5.74) is 5.78. The van der Waals surface area contributed by atoms with E-state index in [1.54, 1.807) is 21.3 Å². The zero-order valence-electron chi connectivity index (χ0n) is 20.7. The van der Waals surface area contributed by atoms with Crippen LogP contribution in [0.4, 0.5) is 0 Å². The van der Waals surface area contributed by atoms with Crippen LogP contribution in [-0.4, -0.2) is 50.2 Å². The lowest BCUT2D eigenvalue weighted by Crippen LogP contribution is -2.36. The summed E-state index contributed by atoms with van der Waals surface area (Å²) in [5.74, 6) is 1.94. The molecule has 5 rings (SSSR count). The highest BCUT2D eigenvalue weighted by Crippen LogP contribution is 2.41. The number of benzene rings is 2. The van der Waals surface area contributed by atoms with Gasteiger partial charge in [-0.1, -0.05) is 18.2 Å². The van der Waals surface area contributed by atoms with Gasteiger partial charge in [0, 0.05) is 18.5 Å². The minimum absolute atomic E-state index is 0.147. The number of para-hydroxylation sites is 1. The molecule has 0 saturated carbocycles. The lowest BCUT2D eigenvalue weighted by molar-refractivity contribution is 0.0725. The molecule has 0 unspecified atom stereocenters. The van der Waals surface area contributed by atoms with E-state index < -0.39 is 0 Å². The molecule has 0 spiro atoms. The quantitative estimate of drug-likeness (QED) is 0.472. The van der Waals surface area contributed by atoms with E-state index >= 15 is 0 Å². The first-order valence-electron chi connectivity index (χ1n) is 12.4. The average Bonchev–Trinajstić information content (AvgIpc) is 2.91. The summed E-state index contributed by atoms with van der Waals surface area (Å²) in [7, 11) is 4.85. The Balaban J connectivity index is 1.66. The van der Waals surface area contributed by atoms with Crippen LogP contribution in [0.3, 0.4) is 0 Å². The molecule has 1 aliphatic carbocycles. The van der Waals surface area contributed by atoms with Crippen molar-refractivity contribution in [3.05, 3.63) is 58.8 Å². The van der Waals surface area contributed by atoms with Crippen molar-refractivity contribution in [2.75, 3.05) is 34.4 Å². The molecule has 0 N–H and O–H groups in total. The third-order valence-corrected chi connectivity index (χ3v) is 7.06. The van der Waals surface area contributed by atoms with Gasteiger partial charge in [-0.25, -0.2) is 4.98 Å². The number of nitrogens with zero attached hydrogens (tertiary/aromatic N) is 2. The van der Waals surface area contributed by atoms with Gasteiger partial charge < -0.3 is 19.1 Å². The normalized spacial score (nSPS) is 16.8. The van der Waals surface area contributed by atoms with Gasteiger partial charge in [0.1, 0.15) is 0 Å². The van der Waals surface area contributed by atoms with Gasteiger partial charge in [-0.3, -0.25) is 4.79 Å². The monoisotopic (exact) mass is 472 g/mol. The summed E-state index contributed by atoms with van der Waals surface area (Å²) in [4.78, 5) is 20.9. The van der Waals surface area contributed by atoms with Crippen LogP contribution in [0.2, 0.25) is 0 Å². The molecule has 0 bridgehead atoms. The molecule has 1 aliphatic heterocycles.